The van der Waals surface area contributed by atoms with Crippen LogP contribution in [-0.4, -0.2) is 30.6 Å². The highest BCUT2D eigenvalue weighted by molar-refractivity contribution is 6.13. The van der Waals surface area contributed by atoms with Crippen LogP contribution >= 0.6 is 0 Å². The van der Waals surface area contributed by atoms with E-state index in [4.69, 9.17) is 0 Å². The summed E-state index contributed by atoms with van der Waals surface area (Å²) in [7, 11) is 0. The van der Waals surface area contributed by atoms with Crippen molar-refractivity contribution in [2.45, 2.75) is 38.8 Å². The van der Waals surface area contributed by atoms with Crippen LogP contribution in [0.2, 0.25) is 0 Å². The van der Waals surface area contributed by atoms with Gasteiger partial charge < -0.3 is 5.11 Å². The summed E-state index contributed by atoms with van der Waals surface area (Å²) in [5, 5.41) is 13.1. The number of phenols is 1. The van der Waals surface area contributed by atoms with E-state index in [1.54, 1.807) is 31.2 Å². The van der Waals surface area contributed by atoms with Gasteiger partial charge in [0.05, 0.1) is 23.7 Å². The zero-order valence-corrected chi connectivity index (χ0v) is 22.1. The van der Waals surface area contributed by atoms with Gasteiger partial charge >= 0.3 is 11.4 Å². The van der Waals surface area contributed by atoms with E-state index in [9.17, 15) is 24.3 Å². The molecule has 2 heterocycles. The molecule has 1 saturated carbocycles. The topological polar surface area (TPSA) is 103 Å². The van der Waals surface area contributed by atoms with Crippen molar-refractivity contribution in [2.24, 2.45) is 11.3 Å². The fourth-order valence-electron chi connectivity index (χ4n) is 7.30. The molecule has 4 aromatic rings. The number of rotatable bonds is 2. The molecular weight excluding hydrogens is 506 g/mol. The normalized spacial score (nSPS) is 25.6. The van der Waals surface area contributed by atoms with Crippen LogP contribution in [0.25, 0.3) is 16.5 Å². The lowest BCUT2D eigenvalue weighted by atomic mass is 9.50. The summed E-state index contributed by atoms with van der Waals surface area (Å²) in [5.74, 6) is -1.70. The van der Waals surface area contributed by atoms with Crippen LogP contribution in [0.15, 0.2) is 99.6 Å². The van der Waals surface area contributed by atoms with E-state index < -0.39 is 34.7 Å². The summed E-state index contributed by atoms with van der Waals surface area (Å²) in [4.78, 5) is 54.9. The summed E-state index contributed by atoms with van der Waals surface area (Å²) >= 11 is 0. The number of carbonyl (C=O) groups is 2. The molecule has 8 nitrogen and oxygen atoms in total. The summed E-state index contributed by atoms with van der Waals surface area (Å²) in [6, 6.07) is 19.3. The molecule has 2 aliphatic carbocycles. The van der Waals surface area contributed by atoms with Crippen LogP contribution in [-0.2, 0) is 16.1 Å². The maximum atomic E-state index is 14.0. The molecule has 8 heteroatoms. The smallest absolute Gasteiger partial charge is 0.352 e. The Bertz CT molecular complexity index is 1940. The number of nitrogens with zero attached hydrogens (tertiary/aromatic N) is 3. The predicted molar refractivity (Wildman–Crippen MR) is 150 cm³/mol. The quantitative estimate of drug-likeness (QED) is 0.392. The highest BCUT2D eigenvalue weighted by Crippen LogP contribution is 2.61. The lowest BCUT2D eigenvalue weighted by Gasteiger charge is -2.52. The molecule has 0 unspecified atom stereocenters. The molecule has 3 aliphatic rings. The van der Waals surface area contributed by atoms with Gasteiger partial charge in [0.1, 0.15) is 5.75 Å². The van der Waals surface area contributed by atoms with Crippen LogP contribution in [0.1, 0.15) is 37.8 Å². The fourth-order valence-corrected chi connectivity index (χ4v) is 7.30. The van der Waals surface area contributed by atoms with Crippen LogP contribution in [0.3, 0.4) is 0 Å². The lowest BCUT2D eigenvalue weighted by molar-refractivity contribution is -0.139. The average Bonchev–Trinajstić information content (AvgIpc) is 3.22. The lowest BCUT2D eigenvalue weighted by Crippen LogP contribution is -2.54. The number of hydrogen-bond donors (Lipinski definition) is 1. The third-order valence-electron chi connectivity index (χ3n) is 9.16. The van der Waals surface area contributed by atoms with Gasteiger partial charge in [-0.25, -0.2) is 23.5 Å². The Morgan fingerprint density at radius 3 is 2.40 bits per heavy atom. The number of hydrogen-bond acceptors (Lipinski definition) is 5. The van der Waals surface area contributed by atoms with Gasteiger partial charge in [-0.2, -0.15) is 0 Å². The molecule has 40 heavy (non-hydrogen) atoms. The van der Waals surface area contributed by atoms with Gasteiger partial charge in [0, 0.05) is 22.8 Å². The number of ketones is 2. The Balaban J connectivity index is 1.49. The SMILES string of the molecule is CC1=CC(=O)[C@@H]2C[C@@H]3C(=CCn4c(=O)n(-c5ccccc5)c(=O)n43)[C@H](c3ccc4ccccc4c3O)[C@]2(C)C1=O. The van der Waals surface area contributed by atoms with Crippen molar-refractivity contribution in [1.29, 1.82) is 0 Å². The van der Waals surface area contributed by atoms with Crippen LogP contribution in [0.5, 0.6) is 5.75 Å². The summed E-state index contributed by atoms with van der Waals surface area (Å²) in [6.07, 6.45) is 3.49. The summed E-state index contributed by atoms with van der Waals surface area (Å²) in [5.41, 5.74) is -0.0121. The standard InChI is InChI=1S/C32H27N3O5/c1-18-16-26(36)24-17-25-22(14-15-33-30(39)34(31(40)35(25)33)20-9-4-3-5-10-20)27(32(24,2)29(18)38)23-13-12-19-8-6-7-11-21(19)28(23)37/h3-14,16,24-25,27,37H,15,17H2,1-2H3/t24-,25+,27+,32+/m0/s1. The molecule has 200 valence electrons. The third-order valence-corrected chi connectivity index (χ3v) is 9.16. The zero-order valence-electron chi connectivity index (χ0n) is 22.1. The molecule has 4 atom stereocenters. The second-order valence-electron chi connectivity index (χ2n) is 11.2. The Labute approximate surface area is 229 Å². The number of para-hydroxylation sites is 1. The Morgan fingerprint density at radius 1 is 0.900 bits per heavy atom. The van der Waals surface area contributed by atoms with Crippen molar-refractivity contribution < 1.29 is 14.7 Å². The van der Waals surface area contributed by atoms with Crippen LogP contribution in [0.4, 0.5) is 0 Å². The molecule has 1 aromatic heterocycles. The molecular formula is C32H27N3O5. The second-order valence-corrected chi connectivity index (χ2v) is 11.2. The molecule has 1 aliphatic heterocycles. The monoisotopic (exact) mass is 533 g/mol. The molecule has 1 fully saturated rings. The van der Waals surface area contributed by atoms with E-state index in [1.165, 1.54) is 15.4 Å². The Kier molecular flexibility index (Phi) is 5.10. The Morgan fingerprint density at radius 2 is 1.62 bits per heavy atom. The summed E-state index contributed by atoms with van der Waals surface area (Å²) in [6.45, 7) is 3.59. The van der Waals surface area contributed by atoms with Gasteiger partial charge in [0.25, 0.3) is 0 Å². The minimum atomic E-state index is -1.17. The largest absolute Gasteiger partial charge is 0.507 e. The number of Topliss-reactive ketones (excluding diaryl/α,β-unsaturated/α-hetero) is 1. The molecule has 7 rings (SSSR count). The first-order chi connectivity index (χ1) is 19.2. The number of benzene rings is 3. The van der Waals surface area contributed by atoms with E-state index in [2.05, 4.69) is 0 Å². The van der Waals surface area contributed by atoms with Gasteiger partial charge in [0.15, 0.2) is 11.6 Å². The highest BCUT2D eigenvalue weighted by Gasteiger charge is 2.60. The van der Waals surface area contributed by atoms with Crippen LogP contribution in [0, 0.1) is 11.3 Å². The average molecular weight is 534 g/mol. The van der Waals surface area contributed by atoms with Crippen molar-refractivity contribution in [3.8, 4) is 11.4 Å². The van der Waals surface area contributed by atoms with Gasteiger partial charge in [-0.05, 0) is 48.1 Å². The van der Waals surface area contributed by atoms with Gasteiger partial charge in [-0.15, -0.1) is 0 Å². The van der Waals surface area contributed by atoms with Gasteiger partial charge in [-0.3, -0.25) is 9.59 Å². The predicted octanol–water partition coefficient (Wildman–Crippen LogP) is 4.05. The molecule has 0 saturated heterocycles. The van der Waals surface area contributed by atoms with E-state index >= 15 is 0 Å². The van der Waals surface area contributed by atoms with Crippen molar-refractivity contribution in [1.82, 2.24) is 13.9 Å². The van der Waals surface area contributed by atoms with E-state index in [1.807, 2.05) is 55.5 Å². The maximum Gasteiger partial charge on any atom is 0.352 e. The van der Waals surface area contributed by atoms with Crippen molar-refractivity contribution in [2.75, 3.05) is 0 Å². The minimum Gasteiger partial charge on any atom is -0.507 e. The molecule has 0 spiro atoms. The highest BCUT2D eigenvalue weighted by atomic mass is 16.3. The number of fused-ring (bicyclic) bond motifs is 5. The number of carbonyl (C=O) groups excluding carboxylic acids is 2. The van der Waals surface area contributed by atoms with Gasteiger partial charge in [0.2, 0.25) is 0 Å². The molecule has 0 radical (unpaired) electrons. The van der Waals surface area contributed by atoms with E-state index in [0.717, 1.165) is 15.5 Å². The fraction of sp³-hybridized carbons (Fsp3) is 0.250. The number of phenolic OH excluding ortho intramolecular Hbond substituents is 1. The minimum absolute atomic E-state index is 0.0502. The van der Waals surface area contributed by atoms with Crippen molar-refractivity contribution in [3.05, 3.63) is 117 Å². The Hall–Kier alpha value is -4.72. The number of aromatic hydroxyl groups is 1. The first kappa shape index (κ1) is 24.3. The first-order valence-electron chi connectivity index (χ1n) is 13.4. The van der Waals surface area contributed by atoms with E-state index in [0.29, 0.717) is 22.2 Å². The molecule has 1 N–H and O–H groups in total. The molecule has 3 aromatic carbocycles. The first-order valence-corrected chi connectivity index (χ1v) is 13.4. The maximum absolute atomic E-state index is 14.0. The summed E-state index contributed by atoms with van der Waals surface area (Å²) < 4.78 is 3.99. The second kappa shape index (κ2) is 8.39. The van der Waals surface area contributed by atoms with Crippen molar-refractivity contribution in [3.63, 3.8) is 0 Å². The van der Waals surface area contributed by atoms with Gasteiger partial charge in [-0.1, -0.05) is 67.6 Å². The molecule has 0 amide bonds. The van der Waals surface area contributed by atoms with Crippen LogP contribution < -0.4 is 11.4 Å². The number of aromatic nitrogens is 3. The number of allylic oxidation sites excluding steroid dienone is 4. The third kappa shape index (κ3) is 3.07. The van der Waals surface area contributed by atoms with Crippen molar-refractivity contribution >= 4 is 22.3 Å². The molecule has 0 bridgehead atoms. The zero-order chi connectivity index (χ0) is 27.9. The van der Waals surface area contributed by atoms with E-state index in [-0.39, 0.29) is 30.3 Å².